The number of nitrogens with zero attached hydrogens (tertiary/aromatic N) is 1. The van der Waals surface area contributed by atoms with Gasteiger partial charge in [0.1, 0.15) is 6.04 Å². The Morgan fingerprint density at radius 3 is 2.32 bits per heavy atom. The molecule has 8 nitrogen and oxygen atoms in total. The molecular weight excluding hydrogens is 440 g/mol. The van der Waals surface area contributed by atoms with Gasteiger partial charge in [-0.3, -0.25) is 9.59 Å². The molecule has 1 fully saturated rings. The SMILES string of the molecule is C[C@H](NC(=O)C1CCC(CNS(=O)(=O)c2ccc(Cl)cc2)CC1)C(=O)NCCN(C)C. The molecule has 1 atom stereocenters. The second kappa shape index (κ2) is 11.8. The molecule has 174 valence electrons. The van der Waals surface area contributed by atoms with E-state index < -0.39 is 16.1 Å². The minimum absolute atomic E-state index is 0.115. The van der Waals surface area contributed by atoms with Gasteiger partial charge in [-0.1, -0.05) is 11.6 Å². The van der Waals surface area contributed by atoms with Gasteiger partial charge in [-0.15, -0.1) is 0 Å². The number of amides is 2. The van der Waals surface area contributed by atoms with Crippen LogP contribution in [0.1, 0.15) is 32.6 Å². The van der Waals surface area contributed by atoms with E-state index in [1.54, 1.807) is 19.1 Å². The lowest BCUT2D eigenvalue weighted by Crippen LogP contribution is -2.48. The Kier molecular flexibility index (Phi) is 9.74. The number of hydrogen-bond donors (Lipinski definition) is 3. The second-order valence-corrected chi connectivity index (χ2v) is 10.6. The summed E-state index contributed by atoms with van der Waals surface area (Å²) in [5.41, 5.74) is 0. The third-order valence-electron chi connectivity index (χ3n) is 5.51. The van der Waals surface area contributed by atoms with Crippen LogP contribution in [0.4, 0.5) is 0 Å². The number of sulfonamides is 1. The highest BCUT2D eigenvalue weighted by Gasteiger charge is 2.29. The van der Waals surface area contributed by atoms with Gasteiger partial charge in [0, 0.05) is 30.6 Å². The van der Waals surface area contributed by atoms with Crippen molar-refractivity contribution in [3.05, 3.63) is 29.3 Å². The quantitative estimate of drug-likeness (QED) is 0.479. The summed E-state index contributed by atoms with van der Waals surface area (Å²) in [4.78, 5) is 26.8. The molecule has 1 saturated carbocycles. The van der Waals surface area contributed by atoms with Crippen molar-refractivity contribution in [3.63, 3.8) is 0 Å². The van der Waals surface area contributed by atoms with Gasteiger partial charge in [-0.25, -0.2) is 13.1 Å². The van der Waals surface area contributed by atoms with Crippen molar-refractivity contribution >= 4 is 33.4 Å². The average Bonchev–Trinajstić information content (AvgIpc) is 2.72. The normalized spacial score (nSPS) is 20.3. The largest absolute Gasteiger partial charge is 0.353 e. The summed E-state index contributed by atoms with van der Waals surface area (Å²) in [6.45, 7) is 3.28. The molecule has 2 rings (SSSR count). The van der Waals surface area contributed by atoms with Crippen LogP contribution in [-0.2, 0) is 19.6 Å². The van der Waals surface area contributed by atoms with Crippen molar-refractivity contribution in [1.82, 2.24) is 20.3 Å². The summed E-state index contributed by atoms with van der Waals surface area (Å²) < 4.78 is 27.4. The van der Waals surface area contributed by atoms with Gasteiger partial charge in [0.15, 0.2) is 0 Å². The first-order valence-electron chi connectivity index (χ1n) is 10.6. The van der Waals surface area contributed by atoms with Crippen LogP contribution < -0.4 is 15.4 Å². The summed E-state index contributed by atoms with van der Waals surface area (Å²) in [6, 6.07) is 5.46. The highest BCUT2D eigenvalue weighted by molar-refractivity contribution is 7.89. The summed E-state index contributed by atoms with van der Waals surface area (Å²) >= 11 is 5.81. The van der Waals surface area contributed by atoms with Crippen LogP contribution in [0.25, 0.3) is 0 Å². The van der Waals surface area contributed by atoms with E-state index in [0.717, 1.165) is 19.4 Å². The van der Waals surface area contributed by atoms with E-state index in [-0.39, 0.29) is 28.5 Å². The van der Waals surface area contributed by atoms with Crippen molar-refractivity contribution in [2.45, 2.75) is 43.5 Å². The molecule has 1 aromatic rings. The molecule has 0 aliphatic heterocycles. The third-order valence-corrected chi connectivity index (χ3v) is 7.21. The standard InChI is InChI=1S/C21H33ClN4O4S/c1-15(20(27)23-12-13-26(2)3)25-21(28)17-6-4-16(5-7-17)14-24-31(29,30)19-10-8-18(22)9-11-19/h8-11,15-17,24H,4-7,12-14H2,1-3H3,(H,23,27)(H,25,28)/t15-,16?,17?/m0/s1. The fraction of sp³-hybridized carbons (Fsp3) is 0.619. The van der Waals surface area contributed by atoms with Gasteiger partial charge in [-0.2, -0.15) is 0 Å². The van der Waals surface area contributed by atoms with Gasteiger partial charge in [0.05, 0.1) is 4.90 Å². The Hall–Kier alpha value is -1.68. The van der Waals surface area contributed by atoms with Crippen LogP contribution in [-0.4, -0.2) is 64.9 Å². The van der Waals surface area contributed by atoms with Crippen LogP contribution in [0.15, 0.2) is 29.2 Å². The highest BCUT2D eigenvalue weighted by Crippen LogP contribution is 2.29. The van der Waals surface area contributed by atoms with Crippen molar-refractivity contribution in [3.8, 4) is 0 Å². The molecule has 0 aromatic heterocycles. The zero-order chi connectivity index (χ0) is 23.0. The molecule has 2 amide bonds. The Morgan fingerprint density at radius 2 is 1.74 bits per heavy atom. The Labute approximate surface area is 190 Å². The van der Waals surface area contributed by atoms with Gasteiger partial charge < -0.3 is 15.5 Å². The smallest absolute Gasteiger partial charge is 0.242 e. The van der Waals surface area contributed by atoms with Gasteiger partial charge >= 0.3 is 0 Å². The first-order valence-corrected chi connectivity index (χ1v) is 12.4. The maximum atomic E-state index is 12.5. The Morgan fingerprint density at radius 1 is 1.13 bits per heavy atom. The Bertz CT molecular complexity index is 837. The molecule has 1 aliphatic rings. The number of likely N-dealkylation sites (N-methyl/N-ethyl adjacent to an activating group) is 1. The van der Waals surface area contributed by atoms with Crippen LogP contribution in [0.3, 0.4) is 0 Å². The third kappa shape index (κ3) is 8.40. The summed E-state index contributed by atoms with van der Waals surface area (Å²) in [7, 11) is 0.274. The van der Waals surface area contributed by atoms with E-state index >= 15 is 0 Å². The number of carbonyl (C=O) groups is 2. The molecule has 0 unspecified atom stereocenters. The lowest BCUT2D eigenvalue weighted by molar-refractivity contribution is -0.131. The summed E-state index contributed by atoms with van der Waals surface area (Å²) in [5, 5.41) is 6.09. The van der Waals surface area contributed by atoms with E-state index in [1.165, 1.54) is 12.1 Å². The van der Waals surface area contributed by atoms with E-state index in [1.807, 2.05) is 19.0 Å². The first kappa shape index (κ1) is 25.6. The van der Waals surface area contributed by atoms with Crippen LogP contribution in [0, 0.1) is 11.8 Å². The number of benzene rings is 1. The van der Waals surface area contributed by atoms with E-state index in [9.17, 15) is 18.0 Å². The van der Waals surface area contributed by atoms with Crippen LogP contribution in [0.5, 0.6) is 0 Å². The zero-order valence-electron chi connectivity index (χ0n) is 18.4. The molecule has 1 aliphatic carbocycles. The van der Waals surface area contributed by atoms with E-state index in [2.05, 4.69) is 15.4 Å². The predicted molar refractivity (Wildman–Crippen MR) is 121 cm³/mol. The predicted octanol–water partition coefficient (Wildman–Crippen LogP) is 1.61. The lowest BCUT2D eigenvalue weighted by atomic mass is 9.81. The number of rotatable bonds is 10. The summed E-state index contributed by atoms with van der Waals surface area (Å²) in [5.74, 6) is -0.282. The topological polar surface area (TPSA) is 108 Å². The van der Waals surface area contributed by atoms with Crippen molar-refractivity contribution in [2.24, 2.45) is 11.8 Å². The lowest BCUT2D eigenvalue weighted by Gasteiger charge is -2.28. The average molecular weight is 473 g/mol. The van der Waals surface area contributed by atoms with Gasteiger partial charge in [0.2, 0.25) is 21.8 Å². The Balaban J connectivity index is 1.73. The number of carbonyl (C=O) groups excluding carboxylic acids is 2. The minimum atomic E-state index is -3.58. The monoisotopic (exact) mass is 472 g/mol. The van der Waals surface area contributed by atoms with Gasteiger partial charge in [-0.05, 0) is 76.9 Å². The second-order valence-electron chi connectivity index (χ2n) is 8.35. The number of halogens is 1. The molecule has 1 aromatic carbocycles. The molecular formula is C21H33ClN4O4S. The van der Waals surface area contributed by atoms with Crippen molar-refractivity contribution in [1.29, 1.82) is 0 Å². The van der Waals surface area contributed by atoms with E-state index in [0.29, 0.717) is 31.0 Å². The zero-order valence-corrected chi connectivity index (χ0v) is 19.9. The molecule has 31 heavy (non-hydrogen) atoms. The molecule has 10 heteroatoms. The first-order chi connectivity index (χ1) is 14.6. The van der Waals surface area contributed by atoms with Crippen molar-refractivity contribution < 1.29 is 18.0 Å². The fourth-order valence-corrected chi connectivity index (χ4v) is 4.75. The number of hydrogen-bond acceptors (Lipinski definition) is 5. The molecule has 0 bridgehead atoms. The summed E-state index contributed by atoms with van der Waals surface area (Å²) in [6.07, 6.45) is 2.86. The molecule has 0 saturated heterocycles. The van der Waals surface area contributed by atoms with Crippen molar-refractivity contribution in [2.75, 3.05) is 33.7 Å². The maximum Gasteiger partial charge on any atom is 0.242 e. The molecule has 0 spiro atoms. The number of nitrogens with one attached hydrogen (secondary N) is 3. The molecule has 0 heterocycles. The maximum absolute atomic E-state index is 12.5. The van der Waals surface area contributed by atoms with Gasteiger partial charge in [0.25, 0.3) is 0 Å². The fourth-order valence-electron chi connectivity index (χ4n) is 3.51. The minimum Gasteiger partial charge on any atom is -0.353 e. The van der Waals surface area contributed by atoms with E-state index in [4.69, 9.17) is 11.6 Å². The van der Waals surface area contributed by atoms with Crippen LogP contribution in [0.2, 0.25) is 5.02 Å². The molecule has 0 radical (unpaired) electrons. The molecule has 3 N–H and O–H groups in total. The van der Waals surface area contributed by atoms with Crippen LogP contribution >= 0.6 is 11.6 Å². The highest BCUT2D eigenvalue weighted by atomic mass is 35.5.